The average molecular weight is 315 g/mol. The Hall–Kier alpha value is -2.14. The Morgan fingerprint density at radius 2 is 2.13 bits per heavy atom. The minimum absolute atomic E-state index is 0.0243. The van der Waals surface area contributed by atoms with Gasteiger partial charge in [0.25, 0.3) is 5.91 Å². The van der Waals surface area contributed by atoms with E-state index in [1.165, 1.54) is 11.6 Å². The summed E-state index contributed by atoms with van der Waals surface area (Å²) in [5, 5.41) is 0. The maximum atomic E-state index is 13.4. The van der Waals surface area contributed by atoms with Crippen LogP contribution in [0.25, 0.3) is 0 Å². The molecule has 1 aliphatic heterocycles. The Morgan fingerprint density at radius 1 is 1.35 bits per heavy atom. The summed E-state index contributed by atoms with van der Waals surface area (Å²) in [6.07, 6.45) is 0.849. The molecule has 5 heteroatoms. The number of H-pyrrole nitrogens is 1. The zero-order valence-electron chi connectivity index (χ0n) is 13.8. The highest BCUT2D eigenvalue weighted by Crippen LogP contribution is 2.30. The number of benzene rings is 1. The first kappa shape index (κ1) is 15.7. The molecule has 1 aromatic heterocycles. The number of fused-ring (bicyclic) bond motifs is 1. The van der Waals surface area contributed by atoms with Gasteiger partial charge in [0, 0.05) is 38.9 Å². The van der Waals surface area contributed by atoms with Crippen molar-refractivity contribution in [2.75, 3.05) is 20.6 Å². The summed E-state index contributed by atoms with van der Waals surface area (Å²) in [5.74, 6) is -0.190. The lowest BCUT2D eigenvalue weighted by atomic mass is 9.93. The van der Waals surface area contributed by atoms with E-state index in [9.17, 15) is 9.18 Å². The molecule has 1 N–H and O–H groups in total. The van der Waals surface area contributed by atoms with Crippen molar-refractivity contribution in [3.8, 4) is 0 Å². The average Bonchev–Trinajstić information content (AvgIpc) is 2.97. The number of nitrogens with one attached hydrogen (secondary N) is 1. The lowest BCUT2D eigenvalue weighted by Crippen LogP contribution is -2.33. The zero-order valence-corrected chi connectivity index (χ0v) is 13.8. The molecule has 0 unspecified atom stereocenters. The summed E-state index contributed by atoms with van der Waals surface area (Å²) < 4.78 is 13.4. The fourth-order valence-corrected chi connectivity index (χ4v) is 3.19. The molecule has 1 atom stereocenters. The number of hydrogen-bond acceptors (Lipinski definition) is 2. The summed E-state index contributed by atoms with van der Waals surface area (Å²) in [5.41, 5.74) is 3.92. The van der Waals surface area contributed by atoms with Crippen molar-refractivity contribution in [3.05, 3.63) is 58.7 Å². The molecule has 1 aliphatic rings. The van der Waals surface area contributed by atoms with E-state index in [0.29, 0.717) is 5.69 Å². The lowest BCUT2D eigenvalue weighted by Gasteiger charge is -2.35. The molecule has 1 amide bonds. The monoisotopic (exact) mass is 315 g/mol. The molecule has 23 heavy (non-hydrogen) atoms. The molecule has 0 bridgehead atoms. The van der Waals surface area contributed by atoms with Gasteiger partial charge in [0.05, 0.1) is 0 Å². The van der Waals surface area contributed by atoms with E-state index in [1.807, 2.05) is 18.2 Å². The highest BCUT2D eigenvalue weighted by Gasteiger charge is 2.24. The first-order valence-electron chi connectivity index (χ1n) is 7.87. The Bertz CT molecular complexity index is 723. The maximum absolute atomic E-state index is 13.4. The predicted molar refractivity (Wildman–Crippen MR) is 87.7 cm³/mol. The van der Waals surface area contributed by atoms with Gasteiger partial charge < -0.3 is 9.88 Å². The van der Waals surface area contributed by atoms with E-state index in [0.717, 1.165) is 30.8 Å². The highest BCUT2D eigenvalue weighted by atomic mass is 19.1. The Morgan fingerprint density at radius 3 is 2.87 bits per heavy atom. The summed E-state index contributed by atoms with van der Waals surface area (Å²) in [4.78, 5) is 19.1. The topological polar surface area (TPSA) is 39.3 Å². The summed E-state index contributed by atoms with van der Waals surface area (Å²) in [7, 11) is 3.48. The van der Waals surface area contributed by atoms with Crippen LogP contribution in [0, 0.1) is 5.82 Å². The van der Waals surface area contributed by atoms with Gasteiger partial charge in [-0.25, -0.2) is 4.39 Å². The molecule has 0 radical (unpaired) electrons. The van der Waals surface area contributed by atoms with Crippen LogP contribution in [0.1, 0.15) is 40.3 Å². The Balaban J connectivity index is 1.74. The molecule has 0 fully saturated rings. The van der Waals surface area contributed by atoms with Crippen LogP contribution < -0.4 is 0 Å². The van der Waals surface area contributed by atoms with Crippen LogP contribution in [0.5, 0.6) is 0 Å². The van der Waals surface area contributed by atoms with Crippen LogP contribution in [0.2, 0.25) is 0 Å². The van der Waals surface area contributed by atoms with E-state index in [4.69, 9.17) is 0 Å². The molecule has 0 saturated heterocycles. The summed E-state index contributed by atoms with van der Waals surface area (Å²) in [6, 6.07) is 9.08. The SMILES string of the molecule is C[C@@H]1c2ccc(F)cc2CCN1Cc1ccc(C(=O)N(C)C)[nH]1. The third kappa shape index (κ3) is 3.15. The van der Waals surface area contributed by atoms with Crippen molar-refractivity contribution in [2.24, 2.45) is 0 Å². The number of rotatable bonds is 3. The second-order valence-corrected chi connectivity index (χ2v) is 6.34. The fraction of sp³-hybridized carbons (Fsp3) is 0.389. The van der Waals surface area contributed by atoms with E-state index >= 15 is 0 Å². The molecular weight excluding hydrogens is 293 g/mol. The first-order valence-corrected chi connectivity index (χ1v) is 7.87. The van der Waals surface area contributed by atoms with Gasteiger partial charge in [0.15, 0.2) is 0 Å². The normalized spacial score (nSPS) is 17.8. The van der Waals surface area contributed by atoms with Crippen molar-refractivity contribution in [1.29, 1.82) is 0 Å². The van der Waals surface area contributed by atoms with Crippen molar-refractivity contribution >= 4 is 5.91 Å². The molecule has 0 aliphatic carbocycles. The van der Waals surface area contributed by atoms with Crippen molar-refractivity contribution in [3.63, 3.8) is 0 Å². The third-order valence-corrected chi connectivity index (χ3v) is 4.53. The summed E-state index contributed by atoms with van der Waals surface area (Å²) in [6.45, 7) is 3.77. The number of carbonyl (C=O) groups is 1. The van der Waals surface area contributed by atoms with Crippen molar-refractivity contribution in [1.82, 2.24) is 14.8 Å². The molecular formula is C18H22FN3O. The highest BCUT2D eigenvalue weighted by molar-refractivity contribution is 5.92. The maximum Gasteiger partial charge on any atom is 0.269 e. The number of aromatic amines is 1. The third-order valence-electron chi connectivity index (χ3n) is 4.53. The van der Waals surface area contributed by atoms with Gasteiger partial charge in [-0.3, -0.25) is 9.69 Å². The van der Waals surface area contributed by atoms with Crippen LogP contribution in [0.3, 0.4) is 0 Å². The van der Waals surface area contributed by atoms with Crippen molar-refractivity contribution in [2.45, 2.75) is 25.9 Å². The van der Waals surface area contributed by atoms with Gasteiger partial charge in [-0.1, -0.05) is 6.07 Å². The fourth-order valence-electron chi connectivity index (χ4n) is 3.19. The molecule has 1 aromatic carbocycles. The van der Waals surface area contributed by atoms with Gasteiger partial charge in [0.2, 0.25) is 0 Å². The van der Waals surface area contributed by atoms with Gasteiger partial charge in [0.1, 0.15) is 11.5 Å². The second kappa shape index (κ2) is 6.16. The molecule has 4 nitrogen and oxygen atoms in total. The Kier molecular flexibility index (Phi) is 4.22. The molecule has 3 rings (SSSR count). The van der Waals surface area contributed by atoms with Crippen LogP contribution in [-0.2, 0) is 13.0 Å². The molecule has 122 valence electrons. The number of nitrogens with zero attached hydrogens (tertiary/aromatic N) is 2. The van der Waals surface area contributed by atoms with Crippen LogP contribution in [0.15, 0.2) is 30.3 Å². The lowest BCUT2D eigenvalue weighted by molar-refractivity contribution is 0.0822. The van der Waals surface area contributed by atoms with Gasteiger partial charge in [-0.15, -0.1) is 0 Å². The van der Waals surface area contributed by atoms with Gasteiger partial charge in [-0.05, 0) is 48.7 Å². The smallest absolute Gasteiger partial charge is 0.269 e. The number of amides is 1. The second-order valence-electron chi connectivity index (χ2n) is 6.34. The van der Waals surface area contributed by atoms with Crippen LogP contribution >= 0.6 is 0 Å². The molecule has 0 saturated carbocycles. The largest absolute Gasteiger partial charge is 0.353 e. The first-order chi connectivity index (χ1) is 11.0. The number of halogens is 1. The van der Waals surface area contributed by atoms with E-state index in [1.54, 1.807) is 25.1 Å². The van der Waals surface area contributed by atoms with Crippen molar-refractivity contribution < 1.29 is 9.18 Å². The standard InChI is InChI=1S/C18H22FN3O/c1-12-16-6-4-14(19)10-13(16)8-9-22(12)11-15-5-7-17(20-15)18(23)21(2)3/h4-7,10,12,20H,8-9,11H2,1-3H3/t12-/m1/s1. The van der Waals surface area contributed by atoms with Crippen LogP contribution in [-0.4, -0.2) is 41.3 Å². The quantitative estimate of drug-likeness (QED) is 0.946. The number of aromatic nitrogens is 1. The number of carbonyl (C=O) groups excluding carboxylic acids is 1. The van der Waals surface area contributed by atoms with E-state index < -0.39 is 0 Å². The zero-order chi connectivity index (χ0) is 16.6. The van der Waals surface area contributed by atoms with Crippen LogP contribution in [0.4, 0.5) is 4.39 Å². The summed E-state index contributed by atoms with van der Waals surface area (Å²) >= 11 is 0. The minimum atomic E-state index is -0.166. The van der Waals surface area contributed by atoms with Gasteiger partial charge >= 0.3 is 0 Å². The van der Waals surface area contributed by atoms with E-state index in [2.05, 4.69) is 16.8 Å². The number of hydrogen-bond donors (Lipinski definition) is 1. The predicted octanol–water partition coefficient (Wildman–Crippen LogP) is 2.97. The molecule has 2 aromatic rings. The molecule has 2 heterocycles. The van der Waals surface area contributed by atoms with E-state index in [-0.39, 0.29) is 17.8 Å². The molecule has 0 spiro atoms. The van der Waals surface area contributed by atoms with Gasteiger partial charge in [-0.2, -0.15) is 0 Å². The Labute approximate surface area is 135 Å². The minimum Gasteiger partial charge on any atom is -0.353 e.